The van der Waals surface area contributed by atoms with Crippen LogP contribution in [0.25, 0.3) is 0 Å². The second-order valence-corrected chi connectivity index (χ2v) is 7.52. The number of aryl methyl sites for hydroxylation is 3. The lowest BCUT2D eigenvalue weighted by Crippen LogP contribution is -2.44. The third-order valence-electron chi connectivity index (χ3n) is 4.08. The summed E-state index contributed by atoms with van der Waals surface area (Å²) in [5, 5.41) is 2.77. The van der Waals surface area contributed by atoms with Gasteiger partial charge < -0.3 is 10.1 Å². The van der Waals surface area contributed by atoms with Crippen molar-refractivity contribution in [2.75, 3.05) is 11.9 Å². The summed E-state index contributed by atoms with van der Waals surface area (Å²) < 4.78 is 6.32. The molecule has 3 N–H and O–H groups in total. The molecule has 0 aliphatic carbocycles. The second-order valence-electron chi connectivity index (χ2n) is 6.66. The number of amides is 3. The summed E-state index contributed by atoms with van der Waals surface area (Å²) in [6, 6.07) is 11.1. The van der Waals surface area contributed by atoms with Gasteiger partial charge >= 0.3 is 0 Å². The van der Waals surface area contributed by atoms with Crippen molar-refractivity contribution in [2.45, 2.75) is 33.6 Å². The molecule has 0 fully saturated rings. The van der Waals surface area contributed by atoms with Crippen molar-refractivity contribution in [3.05, 3.63) is 57.6 Å². The molecule has 0 aromatic heterocycles. The Bertz CT molecular complexity index is 915. The zero-order valence-electron chi connectivity index (χ0n) is 16.6. The highest BCUT2D eigenvalue weighted by atomic mass is 79.9. The van der Waals surface area contributed by atoms with Gasteiger partial charge in [-0.05, 0) is 56.2 Å². The molecule has 3 amide bonds. The number of rotatable bonds is 7. The fraction of sp³-hybridized carbons (Fsp3) is 0.286. The Morgan fingerprint density at radius 2 is 1.55 bits per heavy atom. The molecule has 29 heavy (non-hydrogen) atoms. The highest BCUT2D eigenvalue weighted by Gasteiger charge is 2.10. The zero-order valence-corrected chi connectivity index (χ0v) is 18.2. The van der Waals surface area contributed by atoms with Gasteiger partial charge in [-0.2, -0.15) is 0 Å². The molecule has 2 rings (SSSR count). The lowest BCUT2D eigenvalue weighted by atomic mass is 10.1. The molecule has 0 unspecified atom stereocenters. The summed E-state index contributed by atoms with van der Waals surface area (Å²) in [6.45, 7) is 5.55. The molecule has 7 nitrogen and oxygen atoms in total. The van der Waals surface area contributed by atoms with E-state index in [4.69, 9.17) is 4.74 Å². The van der Waals surface area contributed by atoms with Crippen LogP contribution in [0, 0.1) is 20.8 Å². The molecule has 2 aromatic carbocycles. The smallest absolute Gasteiger partial charge is 0.276 e. The van der Waals surface area contributed by atoms with Gasteiger partial charge in [0.15, 0.2) is 6.61 Å². The van der Waals surface area contributed by atoms with Gasteiger partial charge in [0, 0.05) is 23.0 Å². The average molecular weight is 462 g/mol. The maximum absolute atomic E-state index is 12.0. The SMILES string of the molecule is Cc1ccc(NC(=O)CCC(=O)NNC(=O)COc2ccc(Br)c(C)c2)c(C)c1. The third kappa shape index (κ3) is 7.57. The fourth-order valence-corrected chi connectivity index (χ4v) is 2.73. The van der Waals surface area contributed by atoms with Gasteiger partial charge in [-0.15, -0.1) is 0 Å². The number of carbonyl (C=O) groups is 3. The molecule has 2 aromatic rings. The van der Waals surface area contributed by atoms with Gasteiger partial charge in [0.2, 0.25) is 11.8 Å². The minimum Gasteiger partial charge on any atom is -0.484 e. The van der Waals surface area contributed by atoms with Crippen molar-refractivity contribution in [1.29, 1.82) is 0 Å². The minimum atomic E-state index is -0.501. The Morgan fingerprint density at radius 3 is 2.24 bits per heavy atom. The van der Waals surface area contributed by atoms with E-state index in [1.807, 2.05) is 45.0 Å². The van der Waals surface area contributed by atoms with Crippen LogP contribution in [0.1, 0.15) is 29.5 Å². The topological polar surface area (TPSA) is 96.5 Å². The fourth-order valence-electron chi connectivity index (χ4n) is 2.49. The number of ether oxygens (including phenoxy) is 1. The number of nitrogens with one attached hydrogen (secondary N) is 3. The first-order chi connectivity index (χ1) is 13.7. The molecule has 0 saturated heterocycles. The summed E-state index contributed by atoms with van der Waals surface area (Å²) in [5.74, 6) is -0.685. The van der Waals surface area contributed by atoms with Crippen LogP contribution in [0.4, 0.5) is 5.69 Å². The number of halogens is 1. The maximum Gasteiger partial charge on any atom is 0.276 e. The van der Waals surface area contributed by atoms with Crippen LogP contribution in [0.15, 0.2) is 40.9 Å². The molecule has 0 aliphatic heterocycles. The number of benzene rings is 2. The normalized spacial score (nSPS) is 10.2. The largest absolute Gasteiger partial charge is 0.484 e. The van der Waals surface area contributed by atoms with Crippen LogP contribution < -0.4 is 20.9 Å². The third-order valence-corrected chi connectivity index (χ3v) is 4.97. The number of hydrogen-bond donors (Lipinski definition) is 3. The number of anilines is 1. The number of hydrogen-bond acceptors (Lipinski definition) is 4. The summed E-state index contributed by atoms with van der Waals surface area (Å²) in [7, 11) is 0. The molecule has 154 valence electrons. The zero-order chi connectivity index (χ0) is 21.4. The van der Waals surface area contributed by atoms with Gasteiger partial charge in [-0.25, -0.2) is 0 Å². The predicted molar refractivity (Wildman–Crippen MR) is 114 cm³/mol. The van der Waals surface area contributed by atoms with Crippen molar-refractivity contribution in [1.82, 2.24) is 10.9 Å². The lowest BCUT2D eigenvalue weighted by molar-refractivity contribution is -0.130. The monoisotopic (exact) mass is 461 g/mol. The van der Waals surface area contributed by atoms with E-state index in [-0.39, 0.29) is 25.4 Å². The Morgan fingerprint density at radius 1 is 0.862 bits per heavy atom. The molecule has 0 bridgehead atoms. The average Bonchev–Trinajstić information content (AvgIpc) is 2.67. The van der Waals surface area contributed by atoms with E-state index >= 15 is 0 Å². The Hall–Kier alpha value is -2.87. The first-order valence-electron chi connectivity index (χ1n) is 9.08. The molecule has 0 aliphatic rings. The Balaban J connectivity index is 1.67. The van der Waals surface area contributed by atoms with E-state index in [1.54, 1.807) is 12.1 Å². The van der Waals surface area contributed by atoms with Gasteiger partial charge in [0.05, 0.1) is 0 Å². The van der Waals surface area contributed by atoms with Crippen LogP contribution >= 0.6 is 15.9 Å². The predicted octanol–water partition coefficient (Wildman–Crippen LogP) is 3.32. The second kappa shape index (κ2) is 10.6. The summed E-state index contributed by atoms with van der Waals surface area (Å²) in [4.78, 5) is 35.6. The van der Waals surface area contributed by atoms with Crippen LogP contribution in [0.2, 0.25) is 0 Å². The van der Waals surface area contributed by atoms with Crippen LogP contribution in [0.3, 0.4) is 0 Å². The molecule has 0 saturated carbocycles. The minimum absolute atomic E-state index is 0.00366. The highest BCUT2D eigenvalue weighted by molar-refractivity contribution is 9.10. The van der Waals surface area contributed by atoms with E-state index in [9.17, 15) is 14.4 Å². The maximum atomic E-state index is 12.0. The van der Waals surface area contributed by atoms with Crippen molar-refractivity contribution in [2.24, 2.45) is 0 Å². The molecule has 0 radical (unpaired) electrons. The first kappa shape index (κ1) is 22.4. The number of carbonyl (C=O) groups excluding carboxylic acids is 3. The van der Waals surface area contributed by atoms with E-state index in [2.05, 4.69) is 32.1 Å². The molecule has 8 heteroatoms. The quantitative estimate of drug-likeness (QED) is 0.550. The van der Waals surface area contributed by atoms with Crippen LogP contribution in [0.5, 0.6) is 5.75 Å². The Kier molecular flexibility index (Phi) is 8.21. The number of hydrazine groups is 1. The van der Waals surface area contributed by atoms with Crippen LogP contribution in [-0.4, -0.2) is 24.3 Å². The van der Waals surface area contributed by atoms with Gasteiger partial charge in [-0.3, -0.25) is 25.2 Å². The first-order valence-corrected chi connectivity index (χ1v) is 9.87. The molecule has 0 atom stereocenters. The summed E-state index contributed by atoms with van der Waals surface area (Å²) >= 11 is 3.39. The lowest BCUT2D eigenvalue weighted by Gasteiger charge is -2.10. The molecule has 0 spiro atoms. The van der Waals surface area contributed by atoms with Crippen molar-refractivity contribution >= 4 is 39.3 Å². The van der Waals surface area contributed by atoms with Gasteiger partial charge in [0.1, 0.15) is 5.75 Å². The van der Waals surface area contributed by atoms with E-state index in [0.717, 1.165) is 26.9 Å². The van der Waals surface area contributed by atoms with E-state index in [0.29, 0.717) is 5.75 Å². The Labute approximate surface area is 178 Å². The van der Waals surface area contributed by atoms with E-state index < -0.39 is 11.8 Å². The van der Waals surface area contributed by atoms with Gasteiger partial charge in [-0.1, -0.05) is 33.6 Å². The van der Waals surface area contributed by atoms with Crippen molar-refractivity contribution in [3.63, 3.8) is 0 Å². The standard InChI is InChI=1S/C21H24BrN3O4/c1-13-4-7-18(15(3)10-13)23-19(26)8-9-20(27)24-25-21(28)12-29-16-5-6-17(22)14(2)11-16/h4-7,10-11H,8-9,12H2,1-3H3,(H,23,26)(H,24,27)(H,25,28). The molecular formula is C21H24BrN3O4. The van der Waals surface area contributed by atoms with E-state index in [1.165, 1.54) is 0 Å². The summed E-state index contributed by atoms with van der Waals surface area (Å²) in [5.41, 5.74) is 8.29. The highest BCUT2D eigenvalue weighted by Crippen LogP contribution is 2.21. The van der Waals surface area contributed by atoms with Gasteiger partial charge in [0.25, 0.3) is 5.91 Å². The molecular weight excluding hydrogens is 438 g/mol. The van der Waals surface area contributed by atoms with Crippen LogP contribution in [-0.2, 0) is 14.4 Å². The van der Waals surface area contributed by atoms with Crippen molar-refractivity contribution in [3.8, 4) is 5.75 Å². The molecule has 0 heterocycles. The summed E-state index contributed by atoms with van der Waals surface area (Å²) in [6.07, 6.45) is -0.0481. The van der Waals surface area contributed by atoms with Crippen molar-refractivity contribution < 1.29 is 19.1 Å².